The Labute approximate surface area is 105 Å². The van der Waals surface area contributed by atoms with Crippen LogP contribution in [0.2, 0.25) is 0 Å². The molecule has 0 aliphatic carbocycles. The highest BCUT2D eigenvalue weighted by Gasteiger charge is 2.17. The molecule has 2 atom stereocenters. The summed E-state index contributed by atoms with van der Waals surface area (Å²) in [5, 5.41) is 6.40. The normalized spacial score (nSPS) is 22.4. The highest BCUT2D eigenvalue weighted by Crippen LogP contribution is 2.14. The van der Waals surface area contributed by atoms with Crippen molar-refractivity contribution in [1.82, 2.24) is 10.6 Å². The molecule has 4 heteroatoms. The topological polar surface area (TPSA) is 41.1 Å². The molecule has 1 heterocycles. The van der Waals surface area contributed by atoms with Crippen molar-refractivity contribution < 1.29 is 4.79 Å². The molecular formula is C12H25ClN2O. The van der Waals surface area contributed by atoms with Crippen molar-refractivity contribution in [2.45, 2.75) is 46.1 Å². The number of carbonyl (C=O) groups is 1. The van der Waals surface area contributed by atoms with Gasteiger partial charge >= 0.3 is 0 Å². The number of amides is 1. The Morgan fingerprint density at radius 1 is 1.44 bits per heavy atom. The predicted octanol–water partition coefficient (Wildman–Crippen LogP) is 1.96. The second-order valence-corrected chi connectivity index (χ2v) is 5.04. The SMILES string of the molecule is CC(C)C(C)CC(=O)NC1CCCNC1.Cl. The second-order valence-electron chi connectivity index (χ2n) is 5.04. The van der Waals surface area contributed by atoms with E-state index in [2.05, 4.69) is 31.4 Å². The average Bonchev–Trinajstić information content (AvgIpc) is 2.18. The first kappa shape index (κ1) is 15.7. The van der Waals surface area contributed by atoms with E-state index in [9.17, 15) is 4.79 Å². The minimum absolute atomic E-state index is 0. The number of hydrogen-bond acceptors (Lipinski definition) is 2. The van der Waals surface area contributed by atoms with E-state index in [1.165, 1.54) is 6.42 Å². The Balaban J connectivity index is 0.00000225. The van der Waals surface area contributed by atoms with Crippen molar-refractivity contribution in [2.75, 3.05) is 13.1 Å². The lowest BCUT2D eigenvalue weighted by Crippen LogP contribution is -2.46. The minimum Gasteiger partial charge on any atom is -0.352 e. The third-order valence-electron chi connectivity index (χ3n) is 3.31. The molecule has 0 spiro atoms. The molecule has 0 bridgehead atoms. The first-order valence-electron chi connectivity index (χ1n) is 6.09. The Hall–Kier alpha value is -0.280. The van der Waals surface area contributed by atoms with Gasteiger partial charge in [-0.05, 0) is 31.2 Å². The van der Waals surface area contributed by atoms with Gasteiger partial charge in [0.25, 0.3) is 0 Å². The maximum Gasteiger partial charge on any atom is 0.220 e. The summed E-state index contributed by atoms with van der Waals surface area (Å²) >= 11 is 0. The zero-order chi connectivity index (χ0) is 11.3. The van der Waals surface area contributed by atoms with Crippen LogP contribution < -0.4 is 10.6 Å². The lowest BCUT2D eigenvalue weighted by atomic mass is 9.94. The molecule has 1 amide bonds. The van der Waals surface area contributed by atoms with Crippen LogP contribution in [0, 0.1) is 11.8 Å². The van der Waals surface area contributed by atoms with Crippen molar-refractivity contribution >= 4 is 18.3 Å². The first-order chi connectivity index (χ1) is 7.09. The van der Waals surface area contributed by atoms with Crippen LogP contribution in [0.4, 0.5) is 0 Å². The van der Waals surface area contributed by atoms with Crippen molar-refractivity contribution in [3.8, 4) is 0 Å². The monoisotopic (exact) mass is 248 g/mol. The van der Waals surface area contributed by atoms with E-state index in [1.54, 1.807) is 0 Å². The van der Waals surface area contributed by atoms with E-state index in [1.807, 2.05) is 0 Å². The van der Waals surface area contributed by atoms with Gasteiger partial charge < -0.3 is 10.6 Å². The van der Waals surface area contributed by atoms with Crippen LogP contribution >= 0.6 is 12.4 Å². The van der Waals surface area contributed by atoms with Gasteiger partial charge in [-0.3, -0.25) is 4.79 Å². The summed E-state index contributed by atoms with van der Waals surface area (Å²) in [7, 11) is 0. The van der Waals surface area contributed by atoms with E-state index >= 15 is 0 Å². The zero-order valence-electron chi connectivity index (χ0n) is 10.6. The summed E-state index contributed by atoms with van der Waals surface area (Å²) in [6.45, 7) is 8.50. The van der Waals surface area contributed by atoms with Crippen LogP contribution in [0.1, 0.15) is 40.0 Å². The maximum absolute atomic E-state index is 11.7. The first-order valence-corrected chi connectivity index (χ1v) is 6.09. The van der Waals surface area contributed by atoms with Gasteiger partial charge in [-0.2, -0.15) is 0 Å². The highest BCUT2D eigenvalue weighted by molar-refractivity contribution is 5.85. The zero-order valence-corrected chi connectivity index (χ0v) is 11.4. The van der Waals surface area contributed by atoms with E-state index in [0.29, 0.717) is 24.3 Å². The number of carbonyl (C=O) groups excluding carboxylic acids is 1. The standard InChI is InChI=1S/C12H24N2O.ClH/c1-9(2)10(3)7-12(15)14-11-5-4-6-13-8-11;/h9-11,13H,4-8H2,1-3H3,(H,14,15);1H. The Morgan fingerprint density at radius 2 is 2.12 bits per heavy atom. The highest BCUT2D eigenvalue weighted by atomic mass is 35.5. The van der Waals surface area contributed by atoms with E-state index < -0.39 is 0 Å². The third kappa shape index (κ3) is 5.71. The minimum atomic E-state index is 0. The van der Waals surface area contributed by atoms with Gasteiger partial charge in [0.2, 0.25) is 5.91 Å². The number of nitrogens with one attached hydrogen (secondary N) is 2. The van der Waals surface area contributed by atoms with Gasteiger partial charge in [-0.1, -0.05) is 20.8 Å². The second kappa shape index (κ2) is 7.91. The van der Waals surface area contributed by atoms with Crippen molar-refractivity contribution in [3.63, 3.8) is 0 Å². The van der Waals surface area contributed by atoms with Crippen molar-refractivity contribution in [2.24, 2.45) is 11.8 Å². The molecular weight excluding hydrogens is 224 g/mol. The molecule has 0 aromatic carbocycles. The van der Waals surface area contributed by atoms with Crippen molar-refractivity contribution in [3.05, 3.63) is 0 Å². The van der Waals surface area contributed by atoms with Gasteiger partial charge in [0.1, 0.15) is 0 Å². The average molecular weight is 249 g/mol. The largest absolute Gasteiger partial charge is 0.352 e. The molecule has 0 radical (unpaired) electrons. The van der Waals surface area contributed by atoms with Gasteiger partial charge in [-0.15, -0.1) is 12.4 Å². The lowest BCUT2D eigenvalue weighted by Gasteiger charge is -2.25. The fourth-order valence-corrected chi connectivity index (χ4v) is 1.79. The fourth-order valence-electron chi connectivity index (χ4n) is 1.79. The van der Waals surface area contributed by atoms with E-state index in [-0.39, 0.29) is 18.3 Å². The number of halogens is 1. The van der Waals surface area contributed by atoms with Crippen LogP contribution in [0.5, 0.6) is 0 Å². The Bertz CT molecular complexity index is 203. The molecule has 1 aliphatic heterocycles. The summed E-state index contributed by atoms with van der Waals surface area (Å²) in [5.74, 6) is 1.27. The van der Waals surface area contributed by atoms with Gasteiger partial charge in [0.05, 0.1) is 0 Å². The number of piperidine rings is 1. The molecule has 1 saturated heterocycles. The number of rotatable bonds is 4. The van der Waals surface area contributed by atoms with Crippen LogP contribution in [0.25, 0.3) is 0 Å². The van der Waals surface area contributed by atoms with E-state index in [4.69, 9.17) is 0 Å². The molecule has 16 heavy (non-hydrogen) atoms. The quantitative estimate of drug-likeness (QED) is 0.799. The molecule has 1 rings (SSSR count). The Morgan fingerprint density at radius 3 is 2.62 bits per heavy atom. The van der Waals surface area contributed by atoms with Gasteiger partial charge in [0.15, 0.2) is 0 Å². The molecule has 0 saturated carbocycles. The molecule has 1 fully saturated rings. The fraction of sp³-hybridized carbons (Fsp3) is 0.917. The molecule has 0 aromatic rings. The number of hydrogen-bond donors (Lipinski definition) is 2. The predicted molar refractivity (Wildman–Crippen MR) is 69.9 cm³/mol. The smallest absolute Gasteiger partial charge is 0.220 e. The van der Waals surface area contributed by atoms with Gasteiger partial charge in [0, 0.05) is 19.0 Å². The Kier molecular flexibility index (Phi) is 7.77. The molecule has 2 unspecified atom stereocenters. The molecule has 96 valence electrons. The van der Waals surface area contributed by atoms with Crippen molar-refractivity contribution in [1.29, 1.82) is 0 Å². The van der Waals surface area contributed by atoms with Crippen LogP contribution in [0.3, 0.4) is 0 Å². The van der Waals surface area contributed by atoms with Crippen LogP contribution in [-0.4, -0.2) is 25.0 Å². The van der Waals surface area contributed by atoms with Gasteiger partial charge in [-0.25, -0.2) is 0 Å². The molecule has 1 aliphatic rings. The van der Waals surface area contributed by atoms with E-state index in [0.717, 1.165) is 19.5 Å². The summed E-state index contributed by atoms with van der Waals surface area (Å²) < 4.78 is 0. The summed E-state index contributed by atoms with van der Waals surface area (Å²) in [4.78, 5) is 11.7. The third-order valence-corrected chi connectivity index (χ3v) is 3.31. The maximum atomic E-state index is 11.7. The van der Waals surface area contributed by atoms with Crippen LogP contribution in [-0.2, 0) is 4.79 Å². The lowest BCUT2D eigenvalue weighted by molar-refractivity contribution is -0.123. The molecule has 0 aromatic heterocycles. The summed E-state index contributed by atoms with van der Waals surface area (Å²) in [5.41, 5.74) is 0. The molecule has 3 nitrogen and oxygen atoms in total. The summed E-state index contributed by atoms with van der Waals surface area (Å²) in [6.07, 6.45) is 2.95. The van der Waals surface area contributed by atoms with Crippen LogP contribution in [0.15, 0.2) is 0 Å². The summed E-state index contributed by atoms with van der Waals surface area (Å²) in [6, 6.07) is 0.352. The molecule has 2 N–H and O–H groups in total.